The molecule has 0 saturated carbocycles. The standard InChI is InChI=1S/C15H16N4S2/c16-9-5-11-21-15-18-17-14(13-8-4-10-20-13)19(15)12-6-2-1-3-7-12/h1-4,6-8,10H,5,9,11,16H2. The summed E-state index contributed by atoms with van der Waals surface area (Å²) in [6.07, 6.45) is 0.973. The lowest BCUT2D eigenvalue weighted by Gasteiger charge is -2.09. The highest BCUT2D eigenvalue weighted by Gasteiger charge is 2.16. The predicted molar refractivity (Wildman–Crippen MR) is 89.1 cm³/mol. The van der Waals surface area contributed by atoms with E-state index in [-0.39, 0.29) is 0 Å². The summed E-state index contributed by atoms with van der Waals surface area (Å²) in [5.74, 6) is 1.85. The number of nitrogens with two attached hydrogens (primary N) is 1. The molecular formula is C15H16N4S2. The molecule has 0 atom stereocenters. The Kier molecular flexibility index (Phi) is 4.69. The number of thiophene rings is 1. The molecule has 0 aliphatic carbocycles. The Bertz CT molecular complexity index is 677. The first-order chi connectivity index (χ1) is 10.4. The van der Waals surface area contributed by atoms with E-state index in [0.717, 1.165) is 33.7 Å². The van der Waals surface area contributed by atoms with Gasteiger partial charge in [0.2, 0.25) is 0 Å². The second-order valence-corrected chi connectivity index (χ2v) is 6.45. The number of nitrogens with zero attached hydrogens (tertiary/aromatic N) is 3. The maximum atomic E-state index is 5.57. The van der Waals surface area contributed by atoms with Crippen LogP contribution in [0.1, 0.15) is 6.42 Å². The van der Waals surface area contributed by atoms with E-state index in [1.807, 2.05) is 24.3 Å². The van der Waals surface area contributed by atoms with E-state index in [1.54, 1.807) is 23.1 Å². The predicted octanol–water partition coefficient (Wildman–Crippen LogP) is 3.44. The number of rotatable bonds is 6. The number of hydrogen-bond donors (Lipinski definition) is 1. The summed E-state index contributed by atoms with van der Waals surface area (Å²) in [4.78, 5) is 1.12. The third-order valence-corrected chi connectivity index (χ3v) is 4.85. The topological polar surface area (TPSA) is 56.7 Å². The molecule has 0 aliphatic rings. The van der Waals surface area contributed by atoms with E-state index in [4.69, 9.17) is 5.73 Å². The zero-order chi connectivity index (χ0) is 14.5. The van der Waals surface area contributed by atoms with Crippen molar-refractivity contribution in [2.24, 2.45) is 5.73 Å². The molecule has 21 heavy (non-hydrogen) atoms. The highest BCUT2D eigenvalue weighted by molar-refractivity contribution is 7.99. The molecule has 0 unspecified atom stereocenters. The van der Waals surface area contributed by atoms with Gasteiger partial charge >= 0.3 is 0 Å². The van der Waals surface area contributed by atoms with Crippen LogP contribution in [0.25, 0.3) is 16.4 Å². The summed E-state index contributed by atoms with van der Waals surface area (Å²) in [5, 5.41) is 11.7. The van der Waals surface area contributed by atoms with Gasteiger partial charge in [-0.3, -0.25) is 4.57 Å². The lowest BCUT2D eigenvalue weighted by molar-refractivity contribution is 0.877. The van der Waals surface area contributed by atoms with Crippen molar-refractivity contribution >= 4 is 23.1 Å². The number of aromatic nitrogens is 3. The van der Waals surface area contributed by atoms with Crippen LogP contribution in [-0.4, -0.2) is 27.1 Å². The molecular weight excluding hydrogens is 300 g/mol. The molecule has 4 nitrogen and oxygen atoms in total. The Morgan fingerprint density at radius 3 is 2.67 bits per heavy atom. The zero-order valence-electron chi connectivity index (χ0n) is 11.5. The van der Waals surface area contributed by atoms with Crippen molar-refractivity contribution in [1.82, 2.24) is 14.8 Å². The van der Waals surface area contributed by atoms with Crippen LogP contribution in [0.4, 0.5) is 0 Å². The van der Waals surface area contributed by atoms with Crippen LogP contribution in [0.2, 0.25) is 0 Å². The number of benzene rings is 1. The molecule has 3 aromatic rings. The second-order valence-electron chi connectivity index (χ2n) is 4.45. The first-order valence-electron chi connectivity index (χ1n) is 6.77. The Morgan fingerprint density at radius 2 is 1.95 bits per heavy atom. The minimum atomic E-state index is 0.699. The first-order valence-corrected chi connectivity index (χ1v) is 8.64. The summed E-state index contributed by atoms with van der Waals surface area (Å²) < 4.78 is 2.12. The summed E-state index contributed by atoms with van der Waals surface area (Å²) in [6, 6.07) is 14.3. The van der Waals surface area contributed by atoms with Crippen LogP contribution in [0, 0.1) is 0 Å². The summed E-state index contributed by atoms with van der Waals surface area (Å²) in [7, 11) is 0. The molecule has 2 aromatic heterocycles. The van der Waals surface area contributed by atoms with Gasteiger partial charge in [-0.2, -0.15) is 0 Å². The van der Waals surface area contributed by atoms with Gasteiger partial charge in [-0.05, 0) is 36.5 Å². The van der Waals surface area contributed by atoms with Crippen molar-refractivity contribution in [2.75, 3.05) is 12.3 Å². The van der Waals surface area contributed by atoms with Crippen molar-refractivity contribution in [2.45, 2.75) is 11.6 Å². The van der Waals surface area contributed by atoms with Gasteiger partial charge < -0.3 is 5.73 Å². The maximum absolute atomic E-state index is 5.57. The van der Waals surface area contributed by atoms with Crippen molar-refractivity contribution in [1.29, 1.82) is 0 Å². The van der Waals surface area contributed by atoms with Crippen LogP contribution < -0.4 is 5.73 Å². The normalized spacial score (nSPS) is 10.9. The van der Waals surface area contributed by atoms with E-state index in [2.05, 4.69) is 38.3 Å². The summed E-state index contributed by atoms with van der Waals surface area (Å²) in [6.45, 7) is 0.699. The Hall–Kier alpha value is -1.63. The third-order valence-electron chi connectivity index (χ3n) is 2.97. The minimum absolute atomic E-state index is 0.699. The zero-order valence-corrected chi connectivity index (χ0v) is 13.1. The second kappa shape index (κ2) is 6.89. The van der Waals surface area contributed by atoms with Gasteiger partial charge in [0.05, 0.1) is 4.88 Å². The summed E-state index contributed by atoms with van der Waals surface area (Å²) in [5.41, 5.74) is 6.65. The molecule has 2 N–H and O–H groups in total. The maximum Gasteiger partial charge on any atom is 0.196 e. The van der Waals surface area contributed by atoms with E-state index >= 15 is 0 Å². The lowest BCUT2D eigenvalue weighted by Crippen LogP contribution is -2.02. The highest BCUT2D eigenvalue weighted by Crippen LogP contribution is 2.30. The smallest absolute Gasteiger partial charge is 0.196 e. The summed E-state index contributed by atoms with van der Waals surface area (Å²) >= 11 is 3.37. The van der Waals surface area contributed by atoms with Crippen molar-refractivity contribution < 1.29 is 0 Å². The lowest BCUT2D eigenvalue weighted by atomic mass is 10.3. The molecule has 1 aromatic carbocycles. The number of hydrogen-bond acceptors (Lipinski definition) is 5. The van der Waals surface area contributed by atoms with E-state index in [1.165, 1.54) is 0 Å². The van der Waals surface area contributed by atoms with Gasteiger partial charge in [-0.1, -0.05) is 36.0 Å². The van der Waals surface area contributed by atoms with Gasteiger partial charge in [0.25, 0.3) is 0 Å². The van der Waals surface area contributed by atoms with E-state index in [0.29, 0.717) is 6.54 Å². The fourth-order valence-electron chi connectivity index (χ4n) is 1.99. The van der Waals surface area contributed by atoms with Crippen LogP contribution in [0.3, 0.4) is 0 Å². The van der Waals surface area contributed by atoms with Gasteiger partial charge in [0.1, 0.15) is 0 Å². The van der Waals surface area contributed by atoms with Gasteiger partial charge in [-0.15, -0.1) is 21.5 Å². The van der Waals surface area contributed by atoms with Crippen molar-refractivity contribution in [3.8, 4) is 16.4 Å². The fraction of sp³-hybridized carbons (Fsp3) is 0.200. The molecule has 2 heterocycles. The molecule has 0 saturated heterocycles. The SMILES string of the molecule is NCCCSc1nnc(-c2cccs2)n1-c1ccccc1. The molecule has 0 radical (unpaired) electrons. The average Bonchev–Trinajstić information content (AvgIpc) is 3.17. The number of thioether (sulfide) groups is 1. The van der Waals surface area contributed by atoms with Gasteiger partial charge in [0.15, 0.2) is 11.0 Å². The monoisotopic (exact) mass is 316 g/mol. The molecule has 0 amide bonds. The van der Waals surface area contributed by atoms with E-state index in [9.17, 15) is 0 Å². The van der Waals surface area contributed by atoms with Crippen molar-refractivity contribution in [3.63, 3.8) is 0 Å². The highest BCUT2D eigenvalue weighted by atomic mass is 32.2. The minimum Gasteiger partial charge on any atom is -0.330 e. The van der Waals surface area contributed by atoms with Crippen molar-refractivity contribution in [3.05, 3.63) is 47.8 Å². The molecule has 0 fully saturated rings. The van der Waals surface area contributed by atoms with Crippen LogP contribution in [0.5, 0.6) is 0 Å². The van der Waals surface area contributed by atoms with Crippen LogP contribution in [0.15, 0.2) is 53.0 Å². The quantitative estimate of drug-likeness (QED) is 0.559. The molecule has 0 bridgehead atoms. The number of para-hydroxylation sites is 1. The van der Waals surface area contributed by atoms with Crippen LogP contribution in [-0.2, 0) is 0 Å². The molecule has 108 valence electrons. The Labute approximate surface area is 132 Å². The van der Waals surface area contributed by atoms with Gasteiger partial charge in [-0.25, -0.2) is 0 Å². The van der Waals surface area contributed by atoms with E-state index < -0.39 is 0 Å². The Balaban J connectivity index is 2.02. The molecule has 0 spiro atoms. The first kappa shape index (κ1) is 14.3. The molecule has 0 aliphatic heterocycles. The average molecular weight is 316 g/mol. The molecule has 3 rings (SSSR count). The Morgan fingerprint density at radius 1 is 1.10 bits per heavy atom. The van der Waals surface area contributed by atoms with Gasteiger partial charge in [0, 0.05) is 11.4 Å². The fourth-order valence-corrected chi connectivity index (χ4v) is 3.60. The molecule has 6 heteroatoms. The largest absolute Gasteiger partial charge is 0.330 e. The third kappa shape index (κ3) is 3.18. The van der Waals surface area contributed by atoms with Crippen LogP contribution >= 0.6 is 23.1 Å².